The number of hydrogen-bond donors (Lipinski definition) is 1. The predicted octanol–water partition coefficient (Wildman–Crippen LogP) is 1.98. The Morgan fingerprint density at radius 2 is 1.30 bits per heavy atom. The fourth-order valence-corrected chi connectivity index (χ4v) is 7.96. The number of benzene rings is 3. The van der Waals surface area contributed by atoms with Crippen molar-refractivity contribution in [2.45, 2.75) is 25.6 Å². The summed E-state index contributed by atoms with van der Waals surface area (Å²) in [6, 6.07) is 30.8. The van der Waals surface area contributed by atoms with Gasteiger partial charge in [0.2, 0.25) is 0 Å². The lowest BCUT2D eigenvalue weighted by Gasteiger charge is -2.36. The highest BCUT2D eigenvalue weighted by Crippen LogP contribution is 2.22. The van der Waals surface area contributed by atoms with Crippen molar-refractivity contribution in [1.82, 2.24) is 0 Å². The summed E-state index contributed by atoms with van der Waals surface area (Å²) >= 11 is 0. The molecule has 4 nitrogen and oxygen atoms in total. The van der Waals surface area contributed by atoms with E-state index in [1.54, 1.807) is 6.92 Å². The summed E-state index contributed by atoms with van der Waals surface area (Å²) < 4.78 is 12.4. The van der Waals surface area contributed by atoms with Crippen molar-refractivity contribution in [2.75, 3.05) is 6.61 Å². The molecule has 0 radical (unpaired) electrons. The molecule has 5 heteroatoms. The van der Waals surface area contributed by atoms with Gasteiger partial charge in [0, 0.05) is 6.42 Å². The highest BCUT2D eigenvalue weighted by atomic mass is 28.4. The van der Waals surface area contributed by atoms with Crippen LogP contribution in [0.5, 0.6) is 0 Å². The Morgan fingerprint density at radius 1 is 0.867 bits per heavy atom. The molecule has 0 unspecified atom stereocenters. The molecule has 1 heterocycles. The average Bonchev–Trinajstić information content (AvgIpc) is 2.80. The number of esters is 1. The van der Waals surface area contributed by atoms with Crippen molar-refractivity contribution in [1.29, 1.82) is 0 Å². The first-order valence-electron chi connectivity index (χ1n) is 10.3. The Kier molecular flexibility index (Phi) is 6.13. The molecule has 0 aliphatic carbocycles. The summed E-state index contributed by atoms with van der Waals surface area (Å²) in [5, 5.41) is 13.6. The van der Waals surface area contributed by atoms with E-state index >= 15 is 0 Å². The maximum absolute atomic E-state index is 12.1. The second-order valence-corrected chi connectivity index (χ2v) is 11.1. The Labute approximate surface area is 178 Å². The molecule has 1 aliphatic heterocycles. The molecule has 0 amide bonds. The first kappa shape index (κ1) is 20.5. The predicted molar refractivity (Wildman–Crippen MR) is 120 cm³/mol. The van der Waals surface area contributed by atoms with Gasteiger partial charge in [-0.1, -0.05) is 91.0 Å². The minimum absolute atomic E-state index is 0.237. The zero-order chi connectivity index (χ0) is 21.0. The standard InChI is InChI=1S/C25H26O4Si/c1-19-24(26)17-20(29-25(19)27)18-28-30(21-11-5-2-6-12-21,22-13-7-3-8-14-22)23-15-9-4-10-16-23/h2-16,19-20,24,26H,17-18H2,1H3/t19-,20+,24+/m1/s1. The summed E-state index contributed by atoms with van der Waals surface area (Å²) in [4.78, 5) is 12.1. The third kappa shape index (κ3) is 3.96. The van der Waals surface area contributed by atoms with Crippen LogP contribution in [-0.4, -0.2) is 38.2 Å². The summed E-state index contributed by atoms with van der Waals surface area (Å²) in [7, 11) is -2.84. The van der Waals surface area contributed by atoms with Crippen LogP contribution in [0.2, 0.25) is 0 Å². The minimum Gasteiger partial charge on any atom is -0.460 e. The smallest absolute Gasteiger partial charge is 0.311 e. The Bertz CT molecular complexity index is 866. The molecule has 154 valence electrons. The Morgan fingerprint density at radius 3 is 1.70 bits per heavy atom. The van der Waals surface area contributed by atoms with Crippen molar-refractivity contribution in [3.8, 4) is 0 Å². The van der Waals surface area contributed by atoms with Crippen LogP contribution in [0.25, 0.3) is 0 Å². The monoisotopic (exact) mass is 418 g/mol. The average molecular weight is 419 g/mol. The summed E-state index contributed by atoms with van der Waals surface area (Å²) in [6.07, 6.45) is -0.789. The lowest BCUT2D eigenvalue weighted by atomic mass is 9.96. The zero-order valence-corrected chi connectivity index (χ0v) is 18.0. The van der Waals surface area contributed by atoms with Gasteiger partial charge in [-0.3, -0.25) is 4.79 Å². The molecule has 3 atom stereocenters. The highest BCUT2D eigenvalue weighted by Gasteiger charge is 2.43. The van der Waals surface area contributed by atoms with Crippen LogP contribution in [0.1, 0.15) is 13.3 Å². The van der Waals surface area contributed by atoms with E-state index in [4.69, 9.17) is 9.16 Å². The van der Waals surface area contributed by atoms with Gasteiger partial charge < -0.3 is 14.3 Å². The molecular formula is C25H26O4Si. The van der Waals surface area contributed by atoms with Crippen LogP contribution < -0.4 is 15.6 Å². The molecule has 0 aromatic heterocycles. The molecule has 1 N–H and O–H groups in total. The summed E-state index contributed by atoms with van der Waals surface area (Å²) in [5.74, 6) is -0.866. The fourth-order valence-electron chi connectivity index (χ4n) is 4.04. The number of cyclic esters (lactones) is 1. The van der Waals surface area contributed by atoms with Gasteiger partial charge in [-0.25, -0.2) is 0 Å². The summed E-state index contributed by atoms with van der Waals surface area (Å²) in [5.41, 5.74) is 0. The number of carbonyl (C=O) groups is 1. The zero-order valence-electron chi connectivity index (χ0n) is 17.0. The quantitative estimate of drug-likeness (QED) is 0.378. The number of ether oxygens (including phenoxy) is 1. The molecular weight excluding hydrogens is 392 g/mol. The summed E-state index contributed by atoms with van der Waals surface area (Å²) in [6.45, 7) is 1.93. The van der Waals surface area contributed by atoms with Crippen LogP contribution in [-0.2, 0) is 14.0 Å². The van der Waals surface area contributed by atoms with E-state index in [1.807, 2.05) is 54.6 Å². The number of aliphatic hydroxyl groups excluding tert-OH is 1. The van der Waals surface area contributed by atoms with Crippen LogP contribution in [0.3, 0.4) is 0 Å². The first-order valence-corrected chi connectivity index (χ1v) is 12.2. The molecule has 0 spiro atoms. The number of aliphatic hydroxyl groups is 1. The third-order valence-electron chi connectivity index (χ3n) is 5.76. The fraction of sp³-hybridized carbons (Fsp3) is 0.240. The van der Waals surface area contributed by atoms with Gasteiger partial charge in [0.1, 0.15) is 6.10 Å². The minimum atomic E-state index is -2.84. The van der Waals surface area contributed by atoms with Gasteiger partial charge in [0.05, 0.1) is 18.6 Å². The van der Waals surface area contributed by atoms with E-state index in [2.05, 4.69) is 36.4 Å². The van der Waals surface area contributed by atoms with E-state index in [9.17, 15) is 9.90 Å². The molecule has 1 saturated heterocycles. The second-order valence-electron chi connectivity index (χ2n) is 7.74. The lowest BCUT2D eigenvalue weighted by Crippen LogP contribution is -2.70. The van der Waals surface area contributed by atoms with Gasteiger partial charge >= 0.3 is 5.97 Å². The van der Waals surface area contributed by atoms with E-state index in [0.29, 0.717) is 6.42 Å². The van der Waals surface area contributed by atoms with Crippen LogP contribution in [0, 0.1) is 5.92 Å². The van der Waals surface area contributed by atoms with Gasteiger partial charge in [0.15, 0.2) is 0 Å². The van der Waals surface area contributed by atoms with Crippen molar-refractivity contribution in [3.63, 3.8) is 0 Å². The molecule has 30 heavy (non-hydrogen) atoms. The van der Waals surface area contributed by atoms with Crippen molar-refractivity contribution < 1.29 is 19.1 Å². The van der Waals surface area contributed by atoms with Gasteiger partial charge in [-0.15, -0.1) is 0 Å². The first-order chi connectivity index (χ1) is 14.6. The van der Waals surface area contributed by atoms with Gasteiger partial charge in [0.25, 0.3) is 8.32 Å². The SMILES string of the molecule is C[C@H]1C(=O)O[C@H](CO[Si](c2ccccc2)(c2ccccc2)c2ccccc2)C[C@@H]1O. The lowest BCUT2D eigenvalue weighted by molar-refractivity contribution is -0.170. The van der Waals surface area contributed by atoms with Crippen LogP contribution in [0.4, 0.5) is 0 Å². The molecule has 3 aromatic carbocycles. The van der Waals surface area contributed by atoms with E-state index in [-0.39, 0.29) is 12.6 Å². The number of hydrogen-bond acceptors (Lipinski definition) is 4. The molecule has 4 rings (SSSR count). The highest BCUT2D eigenvalue weighted by molar-refractivity contribution is 7.07. The third-order valence-corrected chi connectivity index (χ3v) is 9.80. The molecule has 3 aromatic rings. The maximum atomic E-state index is 12.1. The van der Waals surface area contributed by atoms with Crippen LogP contribution >= 0.6 is 0 Å². The molecule has 1 aliphatic rings. The van der Waals surface area contributed by atoms with E-state index < -0.39 is 26.4 Å². The second kappa shape index (κ2) is 8.96. The van der Waals surface area contributed by atoms with Gasteiger partial charge in [-0.2, -0.15) is 0 Å². The number of carbonyl (C=O) groups excluding carboxylic acids is 1. The van der Waals surface area contributed by atoms with Crippen molar-refractivity contribution >= 4 is 29.8 Å². The van der Waals surface area contributed by atoms with Crippen LogP contribution in [0.15, 0.2) is 91.0 Å². The van der Waals surface area contributed by atoms with E-state index in [1.165, 1.54) is 0 Å². The normalized spacial score (nSPS) is 21.8. The number of rotatable bonds is 6. The Hall–Kier alpha value is -2.73. The molecule has 0 bridgehead atoms. The molecule has 0 saturated carbocycles. The largest absolute Gasteiger partial charge is 0.460 e. The maximum Gasteiger partial charge on any atom is 0.311 e. The molecule has 1 fully saturated rings. The van der Waals surface area contributed by atoms with E-state index in [0.717, 1.165) is 15.6 Å². The Balaban J connectivity index is 1.76. The van der Waals surface area contributed by atoms with Crippen molar-refractivity contribution in [3.05, 3.63) is 91.0 Å². The van der Waals surface area contributed by atoms with Crippen molar-refractivity contribution in [2.24, 2.45) is 5.92 Å². The van der Waals surface area contributed by atoms with Gasteiger partial charge in [-0.05, 0) is 22.5 Å². The topological polar surface area (TPSA) is 55.8 Å².